The van der Waals surface area contributed by atoms with Gasteiger partial charge in [-0.25, -0.2) is 0 Å². The highest BCUT2D eigenvalue weighted by Crippen LogP contribution is 2.42. The quantitative estimate of drug-likeness (QED) is 0.393. The van der Waals surface area contributed by atoms with Gasteiger partial charge >= 0.3 is 0 Å². The van der Waals surface area contributed by atoms with Crippen LogP contribution in [-0.2, 0) is 4.79 Å². The van der Waals surface area contributed by atoms with Gasteiger partial charge in [-0.05, 0) is 73.5 Å². The Morgan fingerprint density at radius 2 is 1.86 bits per heavy atom. The van der Waals surface area contributed by atoms with Gasteiger partial charge in [-0.1, -0.05) is 47.6 Å². The van der Waals surface area contributed by atoms with Crippen molar-refractivity contribution in [2.75, 3.05) is 36.5 Å². The lowest BCUT2D eigenvalue weighted by atomic mass is 10.1. The Labute approximate surface area is 221 Å². The Bertz CT molecular complexity index is 1370. The molecular formula is C29H28ClN3O2S. The minimum absolute atomic E-state index is 0.000317. The second-order valence-electron chi connectivity index (χ2n) is 9.34. The molecule has 184 valence electrons. The SMILES string of the molecule is Cc1cccc(N2CCN(C(=O)c3ccc4c(c3)N(C)C(=O)C(=Cc3cccc(Cl)c3)S4)CC2C)c1. The van der Waals surface area contributed by atoms with Crippen molar-refractivity contribution in [3.63, 3.8) is 0 Å². The van der Waals surface area contributed by atoms with E-state index < -0.39 is 0 Å². The van der Waals surface area contributed by atoms with Gasteiger partial charge < -0.3 is 14.7 Å². The molecule has 1 fully saturated rings. The molecule has 0 saturated carbocycles. The maximum Gasteiger partial charge on any atom is 0.264 e. The van der Waals surface area contributed by atoms with Crippen LogP contribution >= 0.6 is 23.4 Å². The average Bonchev–Trinajstić information content (AvgIpc) is 2.86. The largest absolute Gasteiger partial charge is 0.365 e. The topological polar surface area (TPSA) is 43.9 Å². The molecule has 2 amide bonds. The number of rotatable bonds is 3. The molecule has 2 aliphatic rings. The number of halogens is 1. The first-order valence-electron chi connectivity index (χ1n) is 12.0. The van der Waals surface area contributed by atoms with Gasteiger partial charge in [0.2, 0.25) is 0 Å². The zero-order chi connectivity index (χ0) is 25.4. The van der Waals surface area contributed by atoms with Crippen LogP contribution in [-0.4, -0.2) is 49.4 Å². The van der Waals surface area contributed by atoms with E-state index in [9.17, 15) is 9.59 Å². The van der Waals surface area contributed by atoms with Crippen LogP contribution in [0.3, 0.4) is 0 Å². The Morgan fingerprint density at radius 1 is 1.06 bits per heavy atom. The highest BCUT2D eigenvalue weighted by molar-refractivity contribution is 8.04. The zero-order valence-corrected chi connectivity index (χ0v) is 22.1. The molecule has 1 saturated heterocycles. The molecule has 1 atom stereocenters. The Kier molecular flexibility index (Phi) is 6.82. The van der Waals surface area contributed by atoms with Crippen LogP contribution in [0.15, 0.2) is 76.5 Å². The fourth-order valence-corrected chi connectivity index (χ4v) is 6.08. The van der Waals surface area contributed by atoms with Crippen molar-refractivity contribution in [3.8, 4) is 0 Å². The van der Waals surface area contributed by atoms with Crippen molar-refractivity contribution in [1.29, 1.82) is 0 Å². The molecule has 5 rings (SSSR count). The summed E-state index contributed by atoms with van der Waals surface area (Å²) in [4.78, 5) is 34.0. The van der Waals surface area contributed by atoms with E-state index >= 15 is 0 Å². The summed E-state index contributed by atoms with van der Waals surface area (Å²) >= 11 is 7.52. The van der Waals surface area contributed by atoms with Crippen LogP contribution in [0, 0.1) is 6.92 Å². The fraction of sp³-hybridized carbons (Fsp3) is 0.241. The summed E-state index contributed by atoms with van der Waals surface area (Å²) in [6, 6.07) is 21.8. The molecule has 2 heterocycles. The lowest BCUT2D eigenvalue weighted by Gasteiger charge is -2.41. The normalized spacial score (nSPS) is 19.0. The third-order valence-corrected chi connectivity index (χ3v) is 8.01. The lowest BCUT2D eigenvalue weighted by molar-refractivity contribution is -0.114. The van der Waals surface area contributed by atoms with Crippen LogP contribution in [0.1, 0.15) is 28.4 Å². The Balaban J connectivity index is 1.33. The second kappa shape index (κ2) is 10.0. The summed E-state index contributed by atoms with van der Waals surface area (Å²) < 4.78 is 0. The van der Waals surface area contributed by atoms with E-state index in [0.29, 0.717) is 28.6 Å². The maximum atomic E-state index is 13.4. The first-order chi connectivity index (χ1) is 17.3. The van der Waals surface area contributed by atoms with Crippen molar-refractivity contribution in [2.45, 2.75) is 24.8 Å². The summed E-state index contributed by atoms with van der Waals surface area (Å²) in [5, 5.41) is 0.628. The van der Waals surface area contributed by atoms with E-state index in [0.717, 1.165) is 22.7 Å². The van der Waals surface area contributed by atoms with Crippen molar-refractivity contribution in [1.82, 2.24) is 4.90 Å². The van der Waals surface area contributed by atoms with Crippen LogP contribution in [0.25, 0.3) is 6.08 Å². The maximum absolute atomic E-state index is 13.4. The molecule has 0 aromatic heterocycles. The number of nitrogens with zero attached hydrogens (tertiary/aromatic N) is 3. The summed E-state index contributed by atoms with van der Waals surface area (Å²) in [6.45, 7) is 6.35. The number of hydrogen-bond acceptors (Lipinski definition) is 4. The van der Waals surface area contributed by atoms with E-state index in [2.05, 4.69) is 43.0 Å². The molecule has 0 spiro atoms. The fourth-order valence-electron chi connectivity index (χ4n) is 4.79. The first kappa shape index (κ1) is 24.5. The molecule has 3 aromatic carbocycles. The predicted octanol–water partition coefficient (Wildman–Crippen LogP) is 6.11. The summed E-state index contributed by atoms with van der Waals surface area (Å²) in [5.41, 5.74) is 4.66. The van der Waals surface area contributed by atoms with Gasteiger partial charge in [0, 0.05) is 53.9 Å². The number of carbonyl (C=O) groups is 2. The molecule has 7 heteroatoms. The molecule has 0 N–H and O–H groups in total. The van der Waals surface area contributed by atoms with Gasteiger partial charge in [0.25, 0.3) is 11.8 Å². The molecule has 5 nitrogen and oxygen atoms in total. The zero-order valence-electron chi connectivity index (χ0n) is 20.6. The molecular weight excluding hydrogens is 490 g/mol. The number of thioether (sulfide) groups is 1. The number of carbonyl (C=O) groups excluding carboxylic acids is 2. The third-order valence-electron chi connectivity index (χ3n) is 6.70. The van der Waals surface area contributed by atoms with Crippen LogP contribution in [0.4, 0.5) is 11.4 Å². The van der Waals surface area contributed by atoms with Crippen LogP contribution < -0.4 is 9.80 Å². The molecule has 2 aliphatic heterocycles. The standard InChI is InChI=1S/C29H28ClN3O2S/c1-19-6-4-9-24(14-19)33-13-12-32(18-20(33)2)28(34)22-10-11-26-25(17-22)31(3)29(35)27(36-26)16-21-7-5-8-23(30)15-21/h4-11,14-17,20H,12-13,18H2,1-3H3. The van der Waals surface area contributed by atoms with Gasteiger partial charge in [0.05, 0.1) is 10.6 Å². The molecule has 0 bridgehead atoms. The number of anilines is 2. The minimum Gasteiger partial charge on any atom is -0.365 e. The average molecular weight is 518 g/mol. The van der Waals surface area contributed by atoms with Gasteiger partial charge in [-0.2, -0.15) is 0 Å². The summed E-state index contributed by atoms with van der Waals surface area (Å²) in [5.74, 6) is -0.0999. The first-order valence-corrected chi connectivity index (χ1v) is 13.2. The highest BCUT2D eigenvalue weighted by Gasteiger charge is 2.30. The van der Waals surface area contributed by atoms with E-state index in [1.54, 1.807) is 11.9 Å². The monoisotopic (exact) mass is 517 g/mol. The van der Waals surface area contributed by atoms with Gasteiger partial charge in [-0.3, -0.25) is 9.59 Å². The number of piperazine rings is 1. The number of aryl methyl sites for hydroxylation is 1. The van der Waals surface area contributed by atoms with Crippen LogP contribution in [0.5, 0.6) is 0 Å². The second-order valence-corrected chi connectivity index (χ2v) is 10.9. The lowest BCUT2D eigenvalue weighted by Crippen LogP contribution is -2.53. The van der Waals surface area contributed by atoms with Crippen LogP contribution in [0.2, 0.25) is 5.02 Å². The van der Waals surface area contributed by atoms with Crippen molar-refractivity contribution >= 4 is 52.6 Å². The molecule has 3 aromatic rings. The number of hydrogen-bond donors (Lipinski definition) is 0. The van der Waals surface area contributed by atoms with Crippen molar-refractivity contribution < 1.29 is 9.59 Å². The molecule has 0 aliphatic carbocycles. The van der Waals surface area contributed by atoms with E-state index in [1.807, 2.05) is 53.4 Å². The smallest absolute Gasteiger partial charge is 0.264 e. The minimum atomic E-state index is -0.0996. The number of amides is 2. The van der Waals surface area contributed by atoms with E-state index in [-0.39, 0.29) is 17.9 Å². The predicted molar refractivity (Wildman–Crippen MR) is 149 cm³/mol. The van der Waals surface area contributed by atoms with Gasteiger partial charge in [0.15, 0.2) is 0 Å². The summed E-state index contributed by atoms with van der Waals surface area (Å²) in [6.07, 6.45) is 1.85. The molecule has 0 radical (unpaired) electrons. The third kappa shape index (κ3) is 4.88. The van der Waals surface area contributed by atoms with E-state index in [1.165, 1.54) is 23.0 Å². The Morgan fingerprint density at radius 3 is 2.61 bits per heavy atom. The number of benzene rings is 3. The number of likely N-dealkylation sites (N-methyl/N-ethyl adjacent to an activating group) is 1. The summed E-state index contributed by atoms with van der Waals surface area (Å²) in [7, 11) is 1.75. The van der Waals surface area contributed by atoms with Gasteiger partial charge in [0.1, 0.15) is 0 Å². The molecule has 36 heavy (non-hydrogen) atoms. The Hall–Kier alpha value is -3.22. The van der Waals surface area contributed by atoms with E-state index in [4.69, 9.17) is 11.6 Å². The number of fused-ring (bicyclic) bond motifs is 1. The van der Waals surface area contributed by atoms with Gasteiger partial charge in [-0.15, -0.1) is 0 Å². The van der Waals surface area contributed by atoms with Crippen molar-refractivity contribution in [2.24, 2.45) is 0 Å². The highest BCUT2D eigenvalue weighted by atomic mass is 35.5. The molecule has 1 unspecified atom stereocenters. The van der Waals surface area contributed by atoms with Crippen molar-refractivity contribution in [3.05, 3.63) is 93.3 Å².